The van der Waals surface area contributed by atoms with Crippen molar-refractivity contribution in [2.75, 3.05) is 13.1 Å². The normalized spacial score (nSPS) is 24.6. The Morgan fingerprint density at radius 2 is 2.38 bits per heavy atom. The molecule has 0 spiro atoms. The largest absolute Gasteiger partial charge is 0.392 e. The van der Waals surface area contributed by atoms with E-state index in [9.17, 15) is 5.11 Å². The summed E-state index contributed by atoms with van der Waals surface area (Å²) in [5.41, 5.74) is 0. The van der Waals surface area contributed by atoms with Crippen molar-refractivity contribution in [3.8, 4) is 0 Å². The standard InChI is InChI=1S/C11H21NO/c1-2-11(13)9-12-8-10-6-4-3-5-7-10/h3-4,10-13H,2,5-9H2,1H3. The van der Waals surface area contributed by atoms with E-state index < -0.39 is 0 Å². The quantitative estimate of drug-likeness (QED) is 0.636. The van der Waals surface area contributed by atoms with Gasteiger partial charge in [0.1, 0.15) is 0 Å². The van der Waals surface area contributed by atoms with E-state index in [1.165, 1.54) is 19.3 Å². The highest BCUT2D eigenvalue weighted by molar-refractivity contribution is 4.90. The zero-order chi connectivity index (χ0) is 9.52. The van der Waals surface area contributed by atoms with Crippen LogP contribution in [0, 0.1) is 5.92 Å². The first-order valence-corrected chi connectivity index (χ1v) is 5.36. The second kappa shape index (κ2) is 6.17. The summed E-state index contributed by atoms with van der Waals surface area (Å²) in [6.45, 7) is 3.81. The molecule has 1 aliphatic rings. The van der Waals surface area contributed by atoms with Crippen LogP contribution in [0.5, 0.6) is 0 Å². The Labute approximate surface area is 81.0 Å². The summed E-state index contributed by atoms with van der Waals surface area (Å²) in [5, 5.41) is 12.6. The second-order valence-electron chi connectivity index (χ2n) is 3.87. The maximum Gasteiger partial charge on any atom is 0.0662 e. The molecule has 2 unspecified atom stereocenters. The summed E-state index contributed by atoms with van der Waals surface area (Å²) in [6, 6.07) is 0. The highest BCUT2D eigenvalue weighted by Gasteiger charge is 2.09. The van der Waals surface area contributed by atoms with E-state index in [0.29, 0.717) is 0 Å². The fraction of sp³-hybridized carbons (Fsp3) is 0.818. The lowest BCUT2D eigenvalue weighted by molar-refractivity contribution is 0.165. The summed E-state index contributed by atoms with van der Waals surface area (Å²) in [4.78, 5) is 0. The number of aliphatic hydroxyl groups is 1. The number of hydrogen-bond donors (Lipinski definition) is 2. The van der Waals surface area contributed by atoms with Gasteiger partial charge in [-0.15, -0.1) is 0 Å². The molecule has 0 saturated heterocycles. The first kappa shape index (κ1) is 10.7. The highest BCUT2D eigenvalue weighted by Crippen LogP contribution is 2.16. The van der Waals surface area contributed by atoms with Gasteiger partial charge >= 0.3 is 0 Å². The first-order chi connectivity index (χ1) is 6.33. The lowest BCUT2D eigenvalue weighted by Crippen LogP contribution is -2.30. The Morgan fingerprint density at radius 3 is 3.00 bits per heavy atom. The van der Waals surface area contributed by atoms with Crippen molar-refractivity contribution in [3.63, 3.8) is 0 Å². The van der Waals surface area contributed by atoms with Crippen molar-refractivity contribution in [3.05, 3.63) is 12.2 Å². The molecule has 2 heteroatoms. The maximum atomic E-state index is 9.31. The van der Waals surface area contributed by atoms with E-state index in [1.54, 1.807) is 0 Å². The number of hydrogen-bond acceptors (Lipinski definition) is 2. The molecule has 2 nitrogen and oxygen atoms in total. The summed E-state index contributed by atoms with van der Waals surface area (Å²) in [5.74, 6) is 0.786. The predicted molar refractivity (Wildman–Crippen MR) is 55.6 cm³/mol. The van der Waals surface area contributed by atoms with Gasteiger partial charge in [0.25, 0.3) is 0 Å². The van der Waals surface area contributed by atoms with Gasteiger partial charge in [-0.05, 0) is 38.1 Å². The second-order valence-corrected chi connectivity index (χ2v) is 3.87. The van der Waals surface area contributed by atoms with E-state index in [-0.39, 0.29) is 6.10 Å². The van der Waals surface area contributed by atoms with Crippen LogP contribution >= 0.6 is 0 Å². The molecule has 1 aliphatic carbocycles. The zero-order valence-corrected chi connectivity index (χ0v) is 8.50. The van der Waals surface area contributed by atoms with Crippen molar-refractivity contribution >= 4 is 0 Å². The molecule has 0 aliphatic heterocycles. The number of rotatable bonds is 5. The summed E-state index contributed by atoms with van der Waals surface area (Å²) < 4.78 is 0. The van der Waals surface area contributed by atoms with Crippen LogP contribution in [0.4, 0.5) is 0 Å². The molecule has 0 radical (unpaired) electrons. The van der Waals surface area contributed by atoms with E-state index in [0.717, 1.165) is 25.4 Å². The molecule has 2 N–H and O–H groups in total. The highest BCUT2D eigenvalue weighted by atomic mass is 16.3. The molecular formula is C11H21NO. The van der Waals surface area contributed by atoms with Crippen molar-refractivity contribution < 1.29 is 5.11 Å². The summed E-state index contributed by atoms with van der Waals surface area (Å²) in [6.07, 6.45) is 8.93. The number of nitrogens with one attached hydrogen (secondary N) is 1. The fourth-order valence-corrected chi connectivity index (χ4v) is 1.64. The molecule has 76 valence electrons. The Bertz CT molecular complexity index is 156. The van der Waals surface area contributed by atoms with Crippen molar-refractivity contribution in [2.45, 2.75) is 38.7 Å². The minimum Gasteiger partial charge on any atom is -0.392 e. The van der Waals surface area contributed by atoms with Crippen LogP contribution in [0.1, 0.15) is 32.6 Å². The lowest BCUT2D eigenvalue weighted by atomic mass is 9.94. The number of allylic oxidation sites excluding steroid dienone is 2. The third-order valence-electron chi connectivity index (χ3n) is 2.66. The van der Waals surface area contributed by atoms with Crippen LogP contribution in [-0.2, 0) is 0 Å². The van der Waals surface area contributed by atoms with Crippen LogP contribution < -0.4 is 5.32 Å². The van der Waals surface area contributed by atoms with Gasteiger partial charge in [-0.3, -0.25) is 0 Å². The fourth-order valence-electron chi connectivity index (χ4n) is 1.64. The van der Waals surface area contributed by atoms with Gasteiger partial charge in [0.2, 0.25) is 0 Å². The molecular weight excluding hydrogens is 162 g/mol. The molecule has 2 atom stereocenters. The van der Waals surface area contributed by atoms with Gasteiger partial charge in [0.05, 0.1) is 6.10 Å². The van der Waals surface area contributed by atoms with Gasteiger partial charge in [0.15, 0.2) is 0 Å². The van der Waals surface area contributed by atoms with Crippen molar-refractivity contribution in [2.24, 2.45) is 5.92 Å². The van der Waals surface area contributed by atoms with Crippen LogP contribution in [-0.4, -0.2) is 24.3 Å². The van der Waals surface area contributed by atoms with Gasteiger partial charge in [-0.1, -0.05) is 19.1 Å². The maximum absolute atomic E-state index is 9.31. The first-order valence-electron chi connectivity index (χ1n) is 5.36. The molecule has 0 aromatic carbocycles. The Hall–Kier alpha value is -0.340. The molecule has 0 saturated carbocycles. The third-order valence-corrected chi connectivity index (χ3v) is 2.66. The van der Waals surface area contributed by atoms with Crippen LogP contribution in [0.3, 0.4) is 0 Å². The van der Waals surface area contributed by atoms with E-state index >= 15 is 0 Å². The van der Waals surface area contributed by atoms with Gasteiger partial charge < -0.3 is 10.4 Å². The lowest BCUT2D eigenvalue weighted by Gasteiger charge is -2.19. The summed E-state index contributed by atoms with van der Waals surface area (Å²) >= 11 is 0. The number of aliphatic hydroxyl groups excluding tert-OH is 1. The summed E-state index contributed by atoms with van der Waals surface area (Å²) in [7, 11) is 0. The monoisotopic (exact) mass is 183 g/mol. The molecule has 13 heavy (non-hydrogen) atoms. The van der Waals surface area contributed by atoms with Crippen LogP contribution in [0.25, 0.3) is 0 Å². The smallest absolute Gasteiger partial charge is 0.0662 e. The van der Waals surface area contributed by atoms with Gasteiger partial charge in [-0.25, -0.2) is 0 Å². The minimum absolute atomic E-state index is 0.167. The van der Waals surface area contributed by atoms with E-state index in [4.69, 9.17) is 0 Å². The molecule has 0 aromatic heterocycles. The Kier molecular flexibility index (Phi) is 5.09. The van der Waals surface area contributed by atoms with Gasteiger partial charge in [-0.2, -0.15) is 0 Å². The molecule has 1 rings (SSSR count). The molecule has 0 heterocycles. The van der Waals surface area contributed by atoms with Crippen molar-refractivity contribution in [1.29, 1.82) is 0 Å². The van der Waals surface area contributed by atoms with Crippen LogP contribution in [0.2, 0.25) is 0 Å². The average molecular weight is 183 g/mol. The minimum atomic E-state index is -0.167. The predicted octanol–water partition coefficient (Wildman–Crippen LogP) is 1.70. The molecule has 0 fully saturated rings. The third kappa shape index (κ3) is 4.44. The SMILES string of the molecule is CCC(O)CNCC1CC=CCC1. The molecule has 0 aromatic rings. The average Bonchev–Trinajstić information content (AvgIpc) is 2.19. The van der Waals surface area contributed by atoms with Crippen molar-refractivity contribution in [1.82, 2.24) is 5.32 Å². The van der Waals surface area contributed by atoms with Gasteiger partial charge in [0, 0.05) is 6.54 Å². The van der Waals surface area contributed by atoms with Crippen LogP contribution in [0.15, 0.2) is 12.2 Å². The Morgan fingerprint density at radius 1 is 1.54 bits per heavy atom. The topological polar surface area (TPSA) is 32.3 Å². The van der Waals surface area contributed by atoms with E-state index in [1.807, 2.05) is 6.92 Å². The molecule has 0 bridgehead atoms. The Balaban J connectivity index is 2.02. The molecule has 0 amide bonds. The zero-order valence-electron chi connectivity index (χ0n) is 8.50. The van der Waals surface area contributed by atoms with E-state index in [2.05, 4.69) is 17.5 Å².